The highest BCUT2D eigenvalue weighted by atomic mass is 32.2. The minimum atomic E-state index is -3.50. The predicted molar refractivity (Wildman–Crippen MR) is 133 cm³/mol. The highest BCUT2D eigenvalue weighted by Crippen LogP contribution is 2.35. The van der Waals surface area contributed by atoms with Gasteiger partial charge in [0.15, 0.2) is 0 Å². The van der Waals surface area contributed by atoms with Crippen LogP contribution in [0.15, 0.2) is 78.9 Å². The predicted octanol–water partition coefficient (Wildman–Crippen LogP) is 4.40. The maximum absolute atomic E-state index is 13.5. The summed E-state index contributed by atoms with van der Waals surface area (Å²) < 4.78 is 25.6. The van der Waals surface area contributed by atoms with Crippen LogP contribution in [0.2, 0.25) is 0 Å². The molecule has 0 atom stereocenters. The fraction of sp³-hybridized carbons (Fsp3) is 0.231. The van der Waals surface area contributed by atoms with E-state index >= 15 is 0 Å². The topological polar surface area (TPSA) is 86.8 Å². The van der Waals surface area contributed by atoms with E-state index in [-0.39, 0.29) is 18.1 Å². The van der Waals surface area contributed by atoms with Crippen LogP contribution in [0.4, 0.5) is 16.2 Å². The van der Waals surface area contributed by atoms with Crippen LogP contribution in [0.1, 0.15) is 30.5 Å². The third-order valence-corrected chi connectivity index (χ3v) is 6.52. The van der Waals surface area contributed by atoms with E-state index in [0.29, 0.717) is 5.69 Å². The lowest BCUT2D eigenvalue weighted by Crippen LogP contribution is -2.43. The summed E-state index contributed by atoms with van der Waals surface area (Å²) in [6.45, 7) is 3.73. The van der Waals surface area contributed by atoms with Gasteiger partial charge in [0.1, 0.15) is 5.54 Å². The van der Waals surface area contributed by atoms with Crippen LogP contribution >= 0.6 is 0 Å². The first-order chi connectivity index (χ1) is 16.1. The lowest BCUT2D eigenvalue weighted by atomic mass is 9.97. The fourth-order valence-corrected chi connectivity index (χ4v) is 4.68. The fourth-order valence-electron chi connectivity index (χ4n) is 4.12. The number of nitrogens with zero attached hydrogens (tertiary/aromatic N) is 2. The molecule has 1 aliphatic heterocycles. The number of hydrogen-bond acceptors (Lipinski definition) is 4. The van der Waals surface area contributed by atoms with Gasteiger partial charge in [-0.05, 0) is 55.2 Å². The Morgan fingerprint density at radius 1 is 0.853 bits per heavy atom. The number of urea groups is 1. The maximum atomic E-state index is 13.5. The minimum Gasteiger partial charge on any atom is -0.305 e. The summed E-state index contributed by atoms with van der Waals surface area (Å²) in [5.41, 5.74) is 2.74. The maximum Gasteiger partial charge on any atom is 0.332 e. The van der Waals surface area contributed by atoms with Crippen LogP contribution in [0, 0.1) is 0 Å². The zero-order chi connectivity index (χ0) is 24.5. The van der Waals surface area contributed by atoms with E-state index in [9.17, 15) is 18.0 Å². The van der Waals surface area contributed by atoms with Gasteiger partial charge in [0.05, 0.1) is 17.6 Å². The number of sulfonamides is 1. The summed E-state index contributed by atoms with van der Waals surface area (Å²) in [6, 6.07) is 23.8. The molecule has 8 heteroatoms. The molecule has 3 amide bonds. The Morgan fingerprint density at radius 2 is 1.50 bits per heavy atom. The summed E-state index contributed by atoms with van der Waals surface area (Å²) in [7, 11) is -3.50. The average molecular weight is 478 g/mol. The molecule has 3 aromatic carbocycles. The Kier molecular flexibility index (Phi) is 6.18. The summed E-state index contributed by atoms with van der Waals surface area (Å²) in [6.07, 6.45) is 1.76. The molecule has 7 nitrogen and oxygen atoms in total. The van der Waals surface area contributed by atoms with Crippen molar-refractivity contribution in [1.29, 1.82) is 0 Å². The van der Waals surface area contributed by atoms with Gasteiger partial charge in [-0.3, -0.25) is 9.52 Å². The lowest BCUT2D eigenvalue weighted by Gasteiger charge is -2.28. The molecule has 0 radical (unpaired) electrons. The van der Waals surface area contributed by atoms with Gasteiger partial charge in [-0.2, -0.15) is 0 Å². The molecule has 3 aromatic rings. The molecule has 0 aromatic heterocycles. The molecular weight excluding hydrogens is 450 g/mol. The molecular formula is C26H27N3O4S. The van der Waals surface area contributed by atoms with Gasteiger partial charge in [0, 0.05) is 6.54 Å². The van der Waals surface area contributed by atoms with E-state index in [0.717, 1.165) is 34.3 Å². The third kappa shape index (κ3) is 4.82. The van der Waals surface area contributed by atoms with Crippen LogP contribution in [0.5, 0.6) is 0 Å². The smallest absolute Gasteiger partial charge is 0.305 e. The monoisotopic (exact) mass is 477 g/mol. The van der Waals surface area contributed by atoms with Crippen molar-refractivity contribution in [2.75, 3.05) is 15.9 Å². The lowest BCUT2D eigenvalue weighted by molar-refractivity contribution is -0.123. The molecule has 1 saturated heterocycles. The Balaban J connectivity index is 1.64. The molecule has 0 unspecified atom stereocenters. The van der Waals surface area contributed by atoms with Crippen LogP contribution in [-0.4, -0.2) is 37.1 Å². The first kappa shape index (κ1) is 23.5. The molecule has 1 fully saturated rings. The van der Waals surface area contributed by atoms with Gasteiger partial charge in [-0.25, -0.2) is 18.1 Å². The van der Waals surface area contributed by atoms with Crippen molar-refractivity contribution in [2.45, 2.75) is 32.4 Å². The van der Waals surface area contributed by atoms with Crippen molar-refractivity contribution < 1.29 is 18.0 Å². The van der Waals surface area contributed by atoms with Gasteiger partial charge < -0.3 is 4.90 Å². The molecule has 0 bridgehead atoms. The van der Waals surface area contributed by atoms with Crippen LogP contribution in [0.25, 0.3) is 0 Å². The molecule has 1 heterocycles. The second kappa shape index (κ2) is 8.95. The number of benzene rings is 3. The molecule has 1 N–H and O–H groups in total. The van der Waals surface area contributed by atoms with E-state index in [1.807, 2.05) is 42.5 Å². The van der Waals surface area contributed by atoms with E-state index in [1.54, 1.807) is 36.9 Å². The molecule has 176 valence electrons. The normalized spacial score (nSPS) is 15.6. The van der Waals surface area contributed by atoms with E-state index in [1.165, 1.54) is 6.07 Å². The number of imide groups is 1. The second-order valence-corrected chi connectivity index (χ2v) is 10.7. The minimum absolute atomic E-state index is 0.276. The highest BCUT2D eigenvalue weighted by Gasteiger charge is 2.51. The summed E-state index contributed by atoms with van der Waals surface area (Å²) in [5.74, 6) is -0.366. The van der Waals surface area contributed by atoms with Gasteiger partial charge in [-0.1, -0.05) is 60.7 Å². The zero-order valence-corrected chi connectivity index (χ0v) is 20.2. The van der Waals surface area contributed by atoms with Crippen LogP contribution < -0.4 is 9.62 Å². The first-order valence-corrected chi connectivity index (χ1v) is 12.8. The van der Waals surface area contributed by atoms with Crippen molar-refractivity contribution in [1.82, 2.24) is 4.90 Å². The van der Waals surface area contributed by atoms with Crippen LogP contribution in [-0.2, 0) is 27.8 Å². The quantitative estimate of drug-likeness (QED) is 0.511. The van der Waals surface area contributed by atoms with Crippen LogP contribution in [0.3, 0.4) is 0 Å². The van der Waals surface area contributed by atoms with E-state index in [4.69, 9.17) is 0 Å². The number of carbonyl (C=O) groups is 2. The van der Waals surface area contributed by atoms with Gasteiger partial charge in [0.25, 0.3) is 5.91 Å². The first-order valence-electron chi connectivity index (χ1n) is 10.9. The number of carbonyl (C=O) groups excluding carboxylic acids is 2. The molecule has 0 aliphatic carbocycles. The van der Waals surface area contributed by atoms with E-state index in [2.05, 4.69) is 16.9 Å². The van der Waals surface area contributed by atoms with Gasteiger partial charge in [-0.15, -0.1) is 0 Å². The van der Waals surface area contributed by atoms with Crippen molar-refractivity contribution in [3.63, 3.8) is 0 Å². The third-order valence-electron chi connectivity index (χ3n) is 5.92. The van der Waals surface area contributed by atoms with Crippen molar-refractivity contribution in [3.8, 4) is 0 Å². The SMILES string of the molecule is CC1(C)C(=O)N(c2cccc(NS(C)(=O)=O)c2)C(=O)N1Cc1ccccc1Cc1ccccc1. The molecule has 0 spiro atoms. The molecule has 34 heavy (non-hydrogen) atoms. The Labute approximate surface area is 200 Å². The summed E-state index contributed by atoms with van der Waals surface area (Å²) in [5, 5.41) is 0. The standard InChI is InChI=1S/C26H27N3O4S/c1-26(2)24(30)29(23-15-9-14-22(17-23)27-34(3,32)33)25(31)28(26)18-21-13-8-7-12-20(21)16-19-10-5-4-6-11-19/h4-15,17,27H,16,18H2,1-3H3. The average Bonchev–Trinajstić information content (AvgIpc) is 2.94. The summed E-state index contributed by atoms with van der Waals surface area (Å²) >= 11 is 0. The highest BCUT2D eigenvalue weighted by molar-refractivity contribution is 7.92. The Hall–Kier alpha value is -3.65. The van der Waals surface area contributed by atoms with Crippen molar-refractivity contribution in [3.05, 3.63) is 95.6 Å². The zero-order valence-electron chi connectivity index (χ0n) is 19.4. The van der Waals surface area contributed by atoms with Gasteiger partial charge in [0.2, 0.25) is 10.0 Å². The number of anilines is 2. The molecule has 1 aliphatic rings. The second-order valence-electron chi connectivity index (χ2n) is 8.92. The Morgan fingerprint density at radius 3 is 2.18 bits per heavy atom. The van der Waals surface area contributed by atoms with Gasteiger partial charge >= 0.3 is 6.03 Å². The van der Waals surface area contributed by atoms with Crippen molar-refractivity contribution in [2.24, 2.45) is 0 Å². The molecule has 0 saturated carbocycles. The largest absolute Gasteiger partial charge is 0.332 e. The molecule has 4 rings (SSSR count). The summed E-state index contributed by atoms with van der Waals surface area (Å²) in [4.78, 5) is 29.5. The number of amides is 3. The van der Waals surface area contributed by atoms with Crippen molar-refractivity contribution >= 4 is 33.3 Å². The number of nitrogens with one attached hydrogen (secondary N) is 1. The van der Waals surface area contributed by atoms with E-state index < -0.39 is 21.6 Å². The number of hydrogen-bond donors (Lipinski definition) is 1. The number of rotatable bonds is 7. The Bertz CT molecular complexity index is 1340.